The van der Waals surface area contributed by atoms with Crippen molar-refractivity contribution < 1.29 is 9.50 Å². The van der Waals surface area contributed by atoms with E-state index in [4.69, 9.17) is 10.8 Å². The summed E-state index contributed by atoms with van der Waals surface area (Å²) in [5.41, 5.74) is 7.41. The molecule has 3 nitrogen and oxygen atoms in total. The Bertz CT molecular complexity index is 329. The zero-order valence-electron chi connectivity index (χ0n) is 8.89. The highest BCUT2D eigenvalue weighted by molar-refractivity contribution is 5.67. The van der Waals surface area contributed by atoms with Crippen molar-refractivity contribution >= 4 is 11.4 Å². The zero-order chi connectivity index (χ0) is 11.3. The molecule has 0 bridgehead atoms. The number of rotatable bonds is 5. The van der Waals surface area contributed by atoms with Gasteiger partial charge in [-0.05, 0) is 37.5 Å². The van der Waals surface area contributed by atoms with Crippen molar-refractivity contribution in [1.82, 2.24) is 0 Å². The van der Waals surface area contributed by atoms with Gasteiger partial charge in [-0.2, -0.15) is 0 Å². The standard InChI is InChI=1S/C11H17FN2O/c1-8-6-11(10(13)7-9(8)12)14-4-2-3-5-15/h6-7,14-15H,2-5,13H2,1H3. The van der Waals surface area contributed by atoms with Gasteiger partial charge in [0, 0.05) is 13.2 Å². The van der Waals surface area contributed by atoms with Crippen LogP contribution >= 0.6 is 0 Å². The number of halogens is 1. The van der Waals surface area contributed by atoms with Gasteiger partial charge in [-0.25, -0.2) is 4.39 Å². The van der Waals surface area contributed by atoms with Crippen LogP contribution in [-0.4, -0.2) is 18.3 Å². The fourth-order valence-electron chi connectivity index (χ4n) is 1.31. The zero-order valence-corrected chi connectivity index (χ0v) is 8.89. The van der Waals surface area contributed by atoms with Crippen LogP contribution in [0.5, 0.6) is 0 Å². The van der Waals surface area contributed by atoms with Gasteiger partial charge in [-0.3, -0.25) is 0 Å². The molecule has 0 unspecified atom stereocenters. The summed E-state index contributed by atoms with van der Waals surface area (Å²) >= 11 is 0. The highest BCUT2D eigenvalue weighted by atomic mass is 19.1. The Balaban J connectivity index is 2.57. The fourth-order valence-corrected chi connectivity index (χ4v) is 1.31. The van der Waals surface area contributed by atoms with E-state index in [9.17, 15) is 4.39 Å². The SMILES string of the molecule is Cc1cc(NCCCCO)c(N)cc1F. The first-order valence-corrected chi connectivity index (χ1v) is 5.05. The van der Waals surface area contributed by atoms with Crippen LogP contribution in [0.2, 0.25) is 0 Å². The Hall–Kier alpha value is -1.29. The number of aliphatic hydroxyl groups is 1. The van der Waals surface area contributed by atoms with Gasteiger partial charge in [-0.1, -0.05) is 0 Å². The number of hydrogen-bond donors (Lipinski definition) is 3. The van der Waals surface area contributed by atoms with E-state index in [1.807, 2.05) is 0 Å². The van der Waals surface area contributed by atoms with Gasteiger partial charge in [0.15, 0.2) is 0 Å². The summed E-state index contributed by atoms with van der Waals surface area (Å²) in [4.78, 5) is 0. The van der Waals surface area contributed by atoms with Crippen molar-refractivity contribution in [3.8, 4) is 0 Å². The minimum Gasteiger partial charge on any atom is -0.397 e. The topological polar surface area (TPSA) is 58.3 Å². The second kappa shape index (κ2) is 5.56. The summed E-state index contributed by atoms with van der Waals surface area (Å²) in [5.74, 6) is -0.284. The van der Waals surface area contributed by atoms with Gasteiger partial charge >= 0.3 is 0 Å². The van der Waals surface area contributed by atoms with Gasteiger partial charge < -0.3 is 16.2 Å². The van der Waals surface area contributed by atoms with Crippen LogP contribution in [0, 0.1) is 12.7 Å². The number of unbranched alkanes of at least 4 members (excludes halogenated alkanes) is 1. The number of benzene rings is 1. The number of aryl methyl sites for hydroxylation is 1. The number of aliphatic hydroxyl groups excluding tert-OH is 1. The number of hydrogen-bond acceptors (Lipinski definition) is 3. The van der Waals surface area contributed by atoms with Crippen molar-refractivity contribution in [1.29, 1.82) is 0 Å². The predicted molar refractivity (Wildman–Crippen MR) is 60.4 cm³/mol. The third kappa shape index (κ3) is 3.40. The molecule has 0 spiro atoms. The maximum Gasteiger partial charge on any atom is 0.128 e. The minimum atomic E-state index is -0.284. The van der Waals surface area contributed by atoms with Crippen molar-refractivity contribution in [2.75, 3.05) is 24.2 Å². The van der Waals surface area contributed by atoms with Crippen LogP contribution in [0.4, 0.5) is 15.8 Å². The summed E-state index contributed by atoms with van der Waals surface area (Å²) in [5, 5.41) is 11.7. The number of nitrogens with two attached hydrogens (primary N) is 1. The first-order valence-electron chi connectivity index (χ1n) is 5.05. The van der Waals surface area contributed by atoms with Crippen LogP contribution in [0.1, 0.15) is 18.4 Å². The van der Waals surface area contributed by atoms with E-state index in [-0.39, 0.29) is 12.4 Å². The second-order valence-corrected chi connectivity index (χ2v) is 3.55. The largest absolute Gasteiger partial charge is 0.397 e. The van der Waals surface area contributed by atoms with Crippen molar-refractivity contribution in [2.45, 2.75) is 19.8 Å². The molecule has 0 aliphatic heterocycles. The fraction of sp³-hybridized carbons (Fsp3) is 0.455. The molecule has 4 N–H and O–H groups in total. The third-order valence-electron chi connectivity index (χ3n) is 2.23. The molecule has 1 rings (SSSR count). The lowest BCUT2D eigenvalue weighted by Crippen LogP contribution is -2.05. The van der Waals surface area contributed by atoms with Gasteiger partial charge in [0.25, 0.3) is 0 Å². The summed E-state index contributed by atoms with van der Waals surface area (Å²) in [6.07, 6.45) is 1.62. The van der Waals surface area contributed by atoms with E-state index in [0.29, 0.717) is 11.3 Å². The molecule has 0 aliphatic rings. The highest BCUT2D eigenvalue weighted by Crippen LogP contribution is 2.22. The first-order chi connectivity index (χ1) is 7.15. The Morgan fingerprint density at radius 1 is 1.40 bits per heavy atom. The van der Waals surface area contributed by atoms with E-state index in [0.717, 1.165) is 25.1 Å². The van der Waals surface area contributed by atoms with Crippen molar-refractivity contribution in [3.63, 3.8) is 0 Å². The van der Waals surface area contributed by atoms with E-state index < -0.39 is 0 Å². The molecule has 15 heavy (non-hydrogen) atoms. The molecule has 0 aliphatic carbocycles. The van der Waals surface area contributed by atoms with E-state index in [1.54, 1.807) is 13.0 Å². The van der Waals surface area contributed by atoms with Gasteiger partial charge in [-0.15, -0.1) is 0 Å². The third-order valence-corrected chi connectivity index (χ3v) is 2.23. The number of nitrogens with one attached hydrogen (secondary N) is 1. The molecule has 0 atom stereocenters. The second-order valence-electron chi connectivity index (χ2n) is 3.55. The molecule has 4 heteroatoms. The van der Waals surface area contributed by atoms with Crippen LogP contribution in [-0.2, 0) is 0 Å². The smallest absolute Gasteiger partial charge is 0.128 e. The first kappa shape index (κ1) is 11.8. The summed E-state index contributed by atoms with van der Waals surface area (Å²) in [6, 6.07) is 3.02. The normalized spacial score (nSPS) is 10.3. The molecule has 0 aromatic heterocycles. The van der Waals surface area contributed by atoms with Crippen LogP contribution < -0.4 is 11.1 Å². The average Bonchev–Trinajstić information content (AvgIpc) is 2.20. The van der Waals surface area contributed by atoms with Gasteiger partial charge in [0.05, 0.1) is 11.4 Å². The lowest BCUT2D eigenvalue weighted by atomic mass is 10.1. The molecule has 0 radical (unpaired) electrons. The Kier molecular flexibility index (Phi) is 4.37. The van der Waals surface area contributed by atoms with E-state index in [2.05, 4.69) is 5.32 Å². The maximum atomic E-state index is 13.1. The molecule has 0 saturated carbocycles. The lowest BCUT2D eigenvalue weighted by Gasteiger charge is -2.10. The Labute approximate surface area is 89.1 Å². The van der Waals surface area contributed by atoms with E-state index in [1.165, 1.54) is 6.07 Å². The monoisotopic (exact) mass is 212 g/mol. The minimum absolute atomic E-state index is 0.194. The molecule has 84 valence electrons. The highest BCUT2D eigenvalue weighted by Gasteiger charge is 2.03. The maximum absolute atomic E-state index is 13.1. The molecular weight excluding hydrogens is 195 g/mol. The molecule has 0 amide bonds. The van der Waals surface area contributed by atoms with Crippen molar-refractivity contribution in [2.24, 2.45) is 0 Å². The molecule has 1 aromatic rings. The van der Waals surface area contributed by atoms with Crippen LogP contribution in [0.25, 0.3) is 0 Å². The van der Waals surface area contributed by atoms with Crippen LogP contribution in [0.3, 0.4) is 0 Å². The molecule has 0 fully saturated rings. The van der Waals surface area contributed by atoms with Gasteiger partial charge in [0.2, 0.25) is 0 Å². The van der Waals surface area contributed by atoms with Gasteiger partial charge in [0.1, 0.15) is 5.82 Å². The summed E-state index contributed by atoms with van der Waals surface area (Å²) < 4.78 is 13.1. The molecular formula is C11H17FN2O. The van der Waals surface area contributed by atoms with E-state index >= 15 is 0 Å². The summed E-state index contributed by atoms with van der Waals surface area (Å²) in [6.45, 7) is 2.63. The summed E-state index contributed by atoms with van der Waals surface area (Å²) in [7, 11) is 0. The predicted octanol–water partition coefficient (Wildman–Crippen LogP) is 1.90. The average molecular weight is 212 g/mol. The molecule has 0 heterocycles. The quantitative estimate of drug-likeness (QED) is 0.516. The van der Waals surface area contributed by atoms with Crippen LogP contribution in [0.15, 0.2) is 12.1 Å². The lowest BCUT2D eigenvalue weighted by molar-refractivity contribution is 0.286. The Morgan fingerprint density at radius 2 is 2.13 bits per heavy atom. The number of nitrogen functional groups attached to an aromatic ring is 1. The molecule has 0 saturated heterocycles. The molecule has 1 aromatic carbocycles. The number of anilines is 2. The Morgan fingerprint density at radius 3 is 2.80 bits per heavy atom. The van der Waals surface area contributed by atoms with Crippen molar-refractivity contribution in [3.05, 3.63) is 23.5 Å².